The minimum absolute atomic E-state index is 0.261. The van der Waals surface area contributed by atoms with Crippen LogP contribution in [0.5, 0.6) is 0 Å². The molecule has 1 rings (SSSR count). The van der Waals surface area contributed by atoms with Gasteiger partial charge in [0.25, 0.3) is 0 Å². The van der Waals surface area contributed by atoms with Gasteiger partial charge in [0, 0.05) is 7.11 Å². The molecule has 1 heterocycles. The van der Waals surface area contributed by atoms with E-state index in [1.807, 2.05) is 6.08 Å². The van der Waals surface area contributed by atoms with Gasteiger partial charge in [0.05, 0.1) is 6.61 Å². The summed E-state index contributed by atoms with van der Waals surface area (Å²) < 4.78 is 8.61. The topological polar surface area (TPSA) is 38.7 Å². The van der Waals surface area contributed by atoms with Gasteiger partial charge in [0.2, 0.25) is 3.79 Å². The molecule has 0 aromatic rings. The van der Waals surface area contributed by atoms with Crippen LogP contribution in [0.15, 0.2) is 23.8 Å². The van der Waals surface area contributed by atoms with E-state index in [2.05, 4.69) is 0 Å². The summed E-state index contributed by atoms with van der Waals surface area (Å²) >= 11 is 16.6. The molecule has 1 aliphatic rings. The summed E-state index contributed by atoms with van der Waals surface area (Å²) in [5.41, 5.74) is 0.918. The molecule has 0 saturated heterocycles. The number of aliphatic hydroxyl groups is 1. The highest BCUT2D eigenvalue weighted by Crippen LogP contribution is 2.32. The van der Waals surface area contributed by atoms with Gasteiger partial charge in [0.1, 0.15) is 6.10 Å². The van der Waals surface area contributed by atoms with E-state index in [9.17, 15) is 5.11 Å². The number of hydrogen-bond acceptors (Lipinski definition) is 3. The number of aliphatic hydroxyl groups excluding tert-OH is 1. The molecule has 1 unspecified atom stereocenters. The van der Waals surface area contributed by atoms with E-state index >= 15 is 0 Å². The number of methoxy groups -OCH3 is 1. The van der Waals surface area contributed by atoms with Crippen molar-refractivity contribution >= 4 is 34.8 Å². The number of ether oxygens (including phenoxy) is 2. The van der Waals surface area contributed by atoms with Crippen molar-refractivity contribution in [1.82, 2.24) is 0 Å². The molecule has 0 amide bonds. The summed E-state index contributed by atoms with van der Waals surface area (Å²) in [6.45, 7) is 0.418. The lowest BCUT2D eigenvalue weighted by Gasteiger charge is -2.20. The summed E-state index contributed by atoms with van der Waals surface area (Å²) in [6.07, 6.45) is 4.33. The van der Waals surface area contributed by atoms with Crippen LogP contribution in [-0.2, 0) is 9.47 Å². The molecule has 1 N–H and O–H groups in total. The maximum atomic E-state index is 9.48. The van der Waals surface area contributed by atoms with Crippen molar-refractivity contribution in [3.8, 4) is 0 Å². The Bertz CT molecular complexity index is 284. The molecule has 92 valence electrons. The quantitative estimate of drug-likeness (QED) is 0.811. The molecule has 0 bridgehead atoms. The Balaban J connectivity index is 2.48. The SMILES string of the molecule is COC1C=C/C(=C\C[C@@H](O)C(Cl)(Cl)Cl)CO1. The van der Waals surface area contributed by atoms with Crippen LogP contribution < -0.4 is 0 Å². The molecule has 0 aromatic heterocycles. The van der Waals surface area contributed by atoms with Crippen molar-refractivity contribution in [2.75, 3.05) is 13.7 Å². The Kier molecular flexibility index (Phi) is 5.57. The second kappa shape index (κ2) is 6.24. The van der Waals surface area contributed by atoms with Crippen LogP contribution in [0, 0.1) is 0 Å². The second-order valence-corrected chi connectivity index (χ2v) is 5.72. The van der Waals surface area contributed by atoms with Crippen LogP contribution in [0.1, 0.15) is 6.42 Å². The predicted molar refractivity (Wildman–Crippen MR) is 64.9 cm³/mol. The summed E-state index contributed by atoms with van der Waals surface area (Å²) in [5, 5.41) is 9.48. The second-order valence-electron chi connectivity index (χ2n) is 3.35. The fourth-order valence-corrected chi connectivity index (χ4v) is 1.42. The van der Waals surface area contributed by atoms with Gasteiger partial charge >= 0.3 is 0 Å². The Hall–Kier alpha value is 0.230. The summed E-state index contributed by atoms with van der Waals surface area (Å²) in [4.78, 5) is 0. The monoisotopic (exact) mass is 286 g/mol. The summed E-state index contributed by atoms with van der Waals surface area (Å²) in [7, 11) is 1.57. The molecule has 3 nitrogen and oxygen atoms in total. The molecule has 0 aromatic carbocycles. The van der Waals surface area contributed by atoms with Crippen molar-refractivity contribution in [1.29, 1.82) is 0 Å². The van der Waals surface area contributed by atoms with E-state index in [-0.39, 0.29) is 12.7 Å². The van der Waals surface area contributed by atoms with Crippen LogP contribution in [0.2, 0.25) is 0 Å². The molecule has 0 radical (unpaired) electrons. The van der Waals surface area contributed by atoms with Gasteiger partial charge in [-0.1, -0.05) is 47.0 Å². The van der Waals surface area contributed by atoms with Crippen molar-refractivity contribution in [2.24, 2.45) is 0 Å². The van der Waals surface area contributed by atoms with Gasteiger partial charge in [-0.2, -0.15) is 0 Å². The molecular weight excluding hydrogens is 274 g/mol. The lowest BCUT2D eigenvalue weighted by Crippen LogP contribution is -2.24. The Labute approximate surface area is 110 Å². The Morgan fingerprint density at radius 1 is 1.69 bits per heavy atom. The minimum atomic E-state index is -1.66. The standard InChI is InChI=1S/C10H13Cl3O3/c1-15-9-5-3-7(6-16-9)2-4-8(14)10(11,12)13/h2-3,5,8-9,14H,4,6H2,1H3/b7-2+/t8-,9?/m1/s1. The van der Waals surface area contributed by atoms with Gasteiger partial charge in [-0.05, 0) is 18.1 Å². The first-order chi connectivity index (χ1) is 7.43. The van der Waals surface area contributed by atoms with Crippen molar-refractivity contribution in [3.05, 3.63) is 23.8 Å². The molecule has 0 fully saturated rings. The maximum absolute atomic E-state index is 9.48. The maximum Gasteiger partial charge on any atom is 0.216 e. The summed E-state index contributed by atoms with van der Waals surface area (Å²) in [6, 6.07) is 0. The third-order valence-corrected chi connectivity index (χ3v) is 2.85. The third kappa shape index (κ3) is 4.62. The lowest BCUT2D eigenvalue weighted by atomic mass is 10.1. The molecule has 0 saturated carbocycles. The highest BCUT2D eigenvalue weighted by molar-refractivity contribution is 6.68. The fraction of sp³-hybridized carbons (Fsp3) is 0.600. The van der Waals surface area contributed by atoms with E-state index in [1.165, 1.54) is 0 Å². The smallest absolute Gasteiger partial charge is 0.216 e. The molecule has 6 heteroatoms. The van der Waals surface area contributed by atoms with Gasteiger partial charge < -0.3 is 14.6 Å². The number of rotatable bonds is 3. The molecule has 16 heavy (non-hydrogen) atoms. The van der Waals surface area contributed by atoms with Gasteiger partial charge in [-0.3, -0.25) is 0 Å². The van der Waals surface area contributed by atoms with Gasteiger partial charge in [-0.25, -0.2) is 0 Å². The van der Waals surface area contributed by atoms with Crippen molar-refractivity contribution < 1.29 is 14.6 Å². The number of halogens is 3. The molecular formula is C10H13Cl3O3. The average Bonchev–Trinajstić information content (AvgIpc) is 2.25. The zero-order valence-electron chi connectivity index (χ0n) is 8.70. The lowest BCUT2D eigenvalue weighted by molar-refractivity contribution is -0.0860. The Morgan fingerprint density at radius 2 is 2.38 bits per heavy atom. The van der Waals surface area contributed by atoms with Crippen LogP contribution in [0.25, 0.3) is 0 Å². The minimum Gasteiger partial charge on any atom is -0.388 e. The van der Waals surface area contributed by atoms with Gasteiger partial charge in [-0.15, -0.1) is 0 Å². The molecule has 0 aliphatic carbocycles. The van der Waals surface area contributed by atoms with Crippen molar-refractivity contribution in [3.63, 3.8) is 0 Å². The summed E-state index contributed by atoms with van der Waals surface area (Å²) in [5.74, 6) is 0. The van der Waals surface area contributed by atoms with E-state index < -0.39 is 9.90 Å². The number of alkyl halides is 3. The van der Waals surface area contributed by atoms with Crippen LogP contribution in [-0.4, -0.2) is 35.0 Å². The Morgan fingerprint density at radius 3 is 2.81 bits per heavy atom. The highest BCUT2D eigenvalue weighted by Gasteiger charge is 2.29. The average molecular weight is 288 g/mol. The first-order valence-electron chi connectivity index (χ1n) is 4.70. The van der Waals surface area contributed by atoms with Crippen LogP contribution in [0.3, 0.4) is 0 Å². The third-order valence-electron chi connectivity index (χ3n) is 2.10. The molecule has 1 aliphatic heterocycles. The zero-order chi connectivity index (χ0) is 12.2. The first kappa shape index (κ1) is 14.3. The first-order valence-corrected chi connectivity index (χ1v) is 5.83. The highest BCUT2D eigenvalue weighted by atomic mass is 35.6. The van der Waals surface area contributed by atoms with E-state index in [0.29, 0.717) is 6.61 Å². The fourth-order valence-electron chi connectivity index (χ4n) is 1.15. The largest absolute Gasteiger partial charge is 0.388 e. The van der Waals surface area contributed by atoms with Crippen LogP contribution >= 0.6 is 34.8 Å². The zero-order valence-corrected chi connectivity index (χ0v) is 11.0. The van der Waals surface area contributed by atoms with Gasteiger partial charge in [0.15, 0.2) is 6.29 Å². The normalized spacial score (nSPS) is 26.1. The number of hydrogen-bond donors (Lipinski definition) is 1. The molecule has 0 spiro atoms. The van der Waals surface area contributed by atoms with Crippen LogP contribution in [0.4, 0.5) is 0 Å². The van der Waals surface area contributed by atoms with E-state index in [0.717, 1.165) is 5.57 Å². The molecule has 2 atom stereocenters. The van der Waals surface area contributed by atoms with E-state index in [4.69, 9.17) is 44.3 Å². The van der Waals surface area contributed by atoms with Crippen molar-refractivity contribution in [2.45, 2.75) is 22.6 Å². The predicted octanol–water partition coefficient (Wildman–Crippen LogP) is 2.59. The van der Waals surface area contributed by atoms with E-state index in [1.54, 1.807) is 19.3 Å².